The second kappa shape index (κ2) is 40.3. The molecule has 0 aliphatic rings. The van der Waals surface area contributed by atoms with Crippen LogP contribution in [0.5, 0.6) is 0 Å². The number of nitrogens with one attached hydrogen (secondary N) is 1. The maximum Gasteiger partial charge on any atom is 0.220 e. The molecule has 284 valence electrons. The van der Waals surface area contributed by atoms with Crippen molar-refractivity contribution in [3.63, 3.8) is 0 Å². The first kappa shape index (κ1) is 46.9. The zero-order valence-electron chi connectivity index (χ0n) is 32.5. The molecule has 0 aromatic rings. The van der Waals surface area contributed by atoms with Gasteiger partial charge in [0.2, 0.25) is 5.91 Å². The van der Waals surface area contributed by atoms with Crippen molar-refractivity contribution in [2.45, 2.75) is 244 Å². The Balaban J connectivity index is 3.53. The van der Waals surface area contributed by atoms with Crippen LogP contribution in [0.25, 0.3) is 0 Å². The van der Waals surface area contributed by atoms with Crippen molar-refractivity contribution in [2.24, 2.45) is 0 Å². The van der Waals surface area contributed by atoms with E-state index in [1.54, 1.807) is 0 Å². The highest BCUT2D eigenvalue weighted by atomic mass is 16.3. The number of carbonyl (C=O) groups excluding carboxylic acids is 1. The molecule has 2 atom stereocenters. The van der Waals surface area contributed by atoms with Gasteiger partial charge in [0.05, 0.1) is 18.8 Å². The maximum atomic E-state index is 12.4. The van der Waals surface area contributed by atoms with Gasteiger partial charge in [0.15, 0.2) is 0 Å². The Morgan fingerprint density at radius 2 is 0.854 bits per heavy atom. The van der Waals surface area contributed by atoms with Crippen molar-refractivity contribution in [3.05, 3.63) is 24.3 Å². The van der Waals surface area contributed by atoms with Gasteiger partial charge >= 0.3 is 0 Å². The van der Waals surface area contributed by atoms with Crippen molar-refractivity contribution in [3.8, 4) is 0 Å². The fourth-order valence-corrected chi connectivity index (χ4v) is 6.63. The van der Waals surface area contributed by atoms with Gasteiger partial charge < -0.3 is 15.5 Å². The summed E-state index contributed by atoms with van der Waals surface area (Å²) in [5, 5.41) is 23.2. The molecule has 0 aromatic carbocycles. The van der Waals surface area contributed by atoms with Crippen molar-refractivity contribution >= 4 is 5.91 Å². The molecule has 0 fully saturated rings. The lowest BCUT2D eigenvalue weighted by atomic mass is 10.0. The first-order chi connectivity index (χ1) is 23.7. The molecule has 3 N–H and O–H groups in total. The summed E-state index contributed by atoms with van der Waals surface area (Å²) in [6, 6.07) is -0.541. The summed E-state index contributed by atoms with van der Waals surface area (Å²) in [5.41, 5.74) is 0. The molecule has 0 heterocycles. The average Bonchev–Trinajstić information content (AvgIpc) is 3.09. The normalized spacial score (nSPS) is 13.2. The van der Waals surface area contributed by atoms with Crippen molar-refractivity contribution in [1.82, 2.24) is 5.32 Å². The Labute approximate surface area is 300 Å². The van der Waals surface area contributed by atoms with E-state index in [9.17, 15) is 15.0 Å². The van der Waals surface area contributed by atoms with Crippen LogP contribution in [0.2, 0.25) is 0 Å². The van der Waals surface area contributed by atoms with Gasteiger partial charge in [-0.3, -0.25) is 4.79 Å². The highest BCUT2D eigenvalue weighted by Gasteiger charge is 2.19. The van der Waals surface area contributed by atoms with Crippen molar-refractivity contribution < 1.29 is 15.0 Å². The molecule has 4 heteroatoms. The van der Waals surface area contributed by atoms with Crippen LogP contribution in [0.1, 0.15) is 232 Å². The third kappa shape index (κ3) is 36.2. The summed E-state index contributed by atoms with van der Waals surface area (Å²) in [6.45, 7) is 4.34. The number of unbranched alkanes of at least 4 members (excludes halogenated alkanes) is 28. The minimum Gasteiger partial charge on any atom is -0.394 e. The lowest BCUT2D eigenvalue weighted by Crippen LogP contribution is -2.45. The molecule has 48 heavy (non-hydrogen) atoms. The van der Waals surface area contributed by atoms with Crippen LogP contribution in [0.4, 0.5) is 0 Å². The highest BCUT2D eigenvalue weighted by Crippen LogP contribution is 2.16. The largest absolute Gasteiger partial charge is 0.394 e. The number of aliphatic hydroxyl groups is 2. The van der Waals surface area contributed by atoms with Crippen LogP contribution >= 0.6 is 0 Å². The topological polar surface area (TPSA) is 69.6 Å². The zero-order chi connectivity index (χ0) is 35.0. The summed E-state index contributed by atoms with van der Waals surface area (Å²) >= 11 is 0. The van der Waals surface area contributed by atoms with Crippen LogP contribution in [0.3, 0.4) is 0 Å². The molecule has 0 radical (unpaired) electrons. The number of amides is 1. The van der Waals surface area contributed by atoms with E-state index in [1.165, 1.54) is 161 Å². The van der Waals surface area contributed by atoms with Gasteiger partial charge in [-0.1, -0.05) is 205 Å². The summed E-state index contributed by atoms with van der Waals surface area (Å²) < 4.78 is 0. The third-order valence-corrected chi connectivity index (χ3v) is 9.97. The highest BCUT2D eigenvalue weighted by molar-refractivity contribution is 5.76. The molecule has 4 nitrogen and oxygen atoms in total. The molecule has 2 unspecified atom stereocenters. The summed E-state index contributed by atoms with van der Waals surface area (Å²) in [7, 11) is 0. The monoisotopic (exact) mass is 676 g/mol. The summed E-state index contributed by atoms with van der Waals surface area (Å²) in [4.78, 5) is 12.4. The van der Waals surface area contributed by atoms with Gasteiger partial charge in [-0.05, 0) is 44.9 Å². The second-order valence-electron chi connectivity index (χ2n) is 14.8. The molecule has 1 amide bonds. The fourth-order valence-electron chi connectivity index (χ4n) is 6.63. The Morgan fingerprint density at radius 1 is 0.500 bits per heavy atom. The molecule has 0 saturated heterocycles. The van der Waals surface area contributed by atoms with E-state index >= 15 is 0 Å². The van der Waals surface area contributed by atoms with E-state index in [4.69, 9.17) is 0 Å². The first-order valence-corrected chi connectivity index (χ1v) is 21.5. The lowest BCUT2D eigenvalue weighted by molar-refractivity contribution is -0.123. The van der Waals surface area contributed by atoms with Crippen LogP contribution in [-0.2, 0) is 4.79 Å². The van der Waals surface area contributed by atoms with Gasteiger partial charge in [-0.15, -0.1) is 0 Å². The third-order valence-electron chi connectivity index (χ3n) is 9.97. The molecular weight excluding hydrogens is 590 g/mol. The predicted octanol–water partition coefficient (Wildman–Crippen LogP) is 13.2. The van der Waals surface area contributed by atoms with Crippen molar-refractivity contribution in [2.75, 3.05) is 6.61 Å². The number of aliphatic hydroxyl groups excluding tert-OH is 2. The second-order valence-corrected chi connectivity index (χ2v) is 14.8. The first-order valence-electron chi connectivity index (χ1n) is 21.5. The minimum atomic E-state index is -0.663. The van der Waals surface area contributed by atoms with E-state index in [0.717, 1.165) is 44.9 Å². The molecule has 0 saturated carbocycles. The van der Waals surface area contributed by atoms with Crippen LogP contribution in [0.15, 0.2) is 24.3 Å². The summed E-state index contributed by atoms with van der Waals surface area (Å²) in [5.74, 6) is -0.0436. The zero-order valence-corrected chi connectivity index (χ0v) is 32.5. The molecule has 0 spiro atoms. The van der Waals surface area contributed by atoms with E-state index in [0.29, 0.717) is 12.8 Å². The Morgan fingerprint density at radius 3 is 1.27 bits per heavy atom. The maximum absolute atomic E-state index is 12.4. The predicted molar refractivity (Wildman–Crippen MR) is 212 cm³/mol. The van der Waals surface area contributed by atoms with E-state index in [1.807, 2.05) is 0 Å². The Kier molecular flexibility index (Phi) is 39.4. The Hall–Kier alpha value is -1.13. The van der Waals surface area contributed by atoms with E-state index < -0.39 is 12.1 Å². The van der Waals surface area contributed by atoms with Crippen LogP contribution in [-0.4, -0.2) is 34.9 Å². The van der Waals surface area contributed by atoms with E-state index in [-0.39, 0.29) is 12.5 Å². The number of allylic oxidation sites excluding steroid dienone is 4. The van der Waals surface area contributed by atoms with Crippen LogP contribution in [0, 0.1) is 0 Å². The smallest absolute Gasteiger partial charge is 0.220 e. The standard InChI is InChI=1S/C44H85NO3/c1-3-5-7-9-11-13-15-17-19-21-22-23-24-25-27-29-31-33-35-37-39-43(47)42(41-46)45-44(48)40-38-36-34-32-30-28-26-20-18-16-14-12-10-8-6-4-2/h14,16,20,26,42-43,46-47H,3-13,15,17-19,21-25,27-41H2,1-2H3,(H,45,48)/b16-14-,26-20-. The molecular formula is C44H85NO3. The molecule has 0 aromatic heterocycles. The quantitative estimate of drug-likeness (QED) is 0.0448. The van der Waals surface area contributed by atoms with E-state index in [2.05, 4.69) is 43.5 Å². The Bertz CT molecular complexity index is 691. The minimum absolute atomic E-state index is 0.0436. The van der Waals surface area contributed by atoms with Gasteiger partial charge in [-0.25, -0.2) is 0 Å². The van der Waals surface area contributed by atoms with Gasteiger partial charge in [0, 0.05) is 6.42 Å². The lowest BCUT2D eigenvalue weighted by Gasteiger charge is -2.22. The number of hydrogen-bond donors (Lipinski definition) is 3. The van der Waals surface area contributed by atoms with Gasteiger partial charge in [0.1, 0.15) is 0 Å². The molecule has 0 aliphatic heterocycles. The molecule has 0 aliphatic carbocycles. The van der Waals surface area contributed by atoms with Crippen LogP contribution < -0.4 is 5.32 Å². The summed E-state index contributed by atoms with van der Waals surface area (Å²) in [6.07, 6.45) is 51.0. The average molecular weight is 676 g/mol. The fraction of sp³-hybridized carbons (Fsp3) is 0.886. The van der Waals surface area contributed by atoms with Crippen molar-refractivity contribution in [1.29, 1.82) is 0 Å². The SMILES string of the molecule is CCCCCC/C=C\C/C=C\CCCCCCCC(=O)NC(CO)C(O)CCCCCCCCCCCCCCCCCCCCCC. The number of hydrogen-bond acceptors (Lipinski definition) is 3. The molecule has 0 bridgehead atoms. The number of carbonyl (C=O) groups is 1. The number of rotatable bonds is 39. The van der Waals surface area contributed by atoms with Gasteiger partial charge in [0.25, 0.3) is 0 Å². The van der Waals surface area contributed by atoms with Gasteiger partial charge in [-0.2, -0.15) is 0 Å². The molecule has 0 rings (SSSR count).